The summed E-state index contributed by atoms with van der Waals surface area (Å²) in [6.07, 6.45) is 6.93. The molecule has 20 heavy (non-hydrogen) atoms. The zero-order valence-corrected chi connectivity index (χ0v) is 11.8. The second-order valence-electron chi connectivity index (χ2n) is 5.83. The molecule has 6 nitrogen and oxygen atoms in total. The zero-order chi connectivity index (χ0) is 14.4. The first kappa shape index (κ1) is 15.1. The molecule has 1 spiro atoms. The lowest BCUT2D eigenvalue weighted by molar-refractivity contribution is -0.137. The lowest BCUT2D eigenvalue weighted by Gasteiger charge is -2.38. The SMILES string of the molecule is O=C(O)CCCNC(=O)NC1CCOC2(CCCC2)C1. The summed E-state index contributed by atoms with van der Waals surface area (Å²) in [5.41, 5.74) is -0.000492. The van der Waals surface area contributed by atoms with Gasteiger partial charge in [-0.15, -0.1) is 0 Å². The number of carbonyl (C=O) groups is 2. The molecule has 3 N–H and O–H groups in total. The lowest BCUT2D eigenvalue weighted by Crippen LogP contribution is -2.50. The van der Waals surface area contributed by atoms with Crippen LogP contribution in [0, 0.1) is 0 Å². The molecule has 6 heteroatoms. The Kier molecular flexibility index (Phi) is 5.23. The normalized spacial score (nSPS) is 24.5. The maximum atomic E-state index is 11.7. The first-order chi connectivity index (χ1) is 9.60. The minimum Gasteiger partial charge on any atom is -0.481 e. The summed E-state index contributed by atoms with van der Waals surface area (Å²) < 4.78 is 5.93. The molecule has 1 heterocycles. The molecule has 2 aliphatic rings. The quantitative estimate of drug-likeness (QED) is 0.670. The van der Waals surface area contributed by atoms with Gasteiger partial charge in [0.05, 0.1) is 5.60 Å². The van der Waals surface area contributed by atoms with E-state index in [-0.39, 0.29) is 24.1 Å². The molecule has 0 aromatic heterocycles. The monoisotopic (exact) mass is 284 g/mol. The Labute approximate surface area is 119 Å². The molecule has 1 atom stereocenters. The first-order valence-corrected chi connectivity index (χ1v) is 7.50. The molecule has 2 amide bonds. The number of aliphatic carboxylic acids is 1. The summed E-state index contributed by atoms with van der Waals surface area (Å²) in [4.78, 5) is 22.1. The van der Waals surface area contributed by atoms with Crippen molar-refractivity contribution >= 4 is 12.0 Å². The topological polar surface area (TPSA) is 87.7 Å². The van der Waals surface area contributed by atoms with E-state index >= 15 is 0 Å². The van der Waals surface area contributed by atoms with Crippen molar-refractivity contribution in [2.24, 2.45) is 0 Å². The Morgan fingerprint density at radius 3 is 2.75 bits per heavy atom. The van der Waals surface area contributed by atoms with Crippen LogP contribution in [0.15, 0.2) is 0 Å². The predicted octanol–water partition coefficient (Wildman–Crippen LogP) is 1.64. The summed E-state index contributed by atoms with van der Waals surface area (Å²) in [7, 11) is 0. The summed E-state index contributed by atoms with van der Waals surface area (Å²) in [5, 5.41) is 14.2. The van der Waals surface area contributed by atoms with E-state index < -0.39 is 5.97 Å². The molecule has 1 saturated heterocycles. The van der Waals surface area contributed by atoms with Crippen LogP contribution in [0.2, 0.25) is 0 Å². The van der Waals surface area contributed by atoms with Gasteiger partial charge in [-0.25, -0.2) is 4.79 Å². The summed E-state index contributed by atoms with van der Waals surface area (Å²) in [5.74, 6) is -0.834. The van der Waals surface area contributed by atoms with Crippen LogP contribution in [0.3, 0.4) is 0 Å². The number of carboxylic acids is 1. The fraction of sp³-hybridized carbons (Fsp3) is 0.857. The van der Waals surface area contributed by atoms with Gasteiger partial charge in [0, 0.05) is 25.6 Å². The third kappa shape index (κ3) is 4.37. The van der Waals surface area contributed by atoms with Gasteiger partial charge in [0.15, 0.2) is 0 Å². The van der Waals surface area contributed by atoms with Gasteiger partial charge in [0.2, 0.25) is 0 Å². The Hall–Kier alpha value is -1.30. The van der Waals surface area contributed by atoms with E-state index in [1.807, 2.05) is 0 Å². The molecule has 1 aliphatic carbocycles. The van der Waals surface area contributed by atoms with Crippen LogP contribution < -0.4 is 10.6 Å². The van der Waals surface area contributed by atoms with Gasteiger partial charge in [0.1, 0.15) is 0 Å². The van der Waals surface area contributed by atoms with E-state index in [2.05, 4.69) is 10.6 Å². The highest BCUT2D eigenvalue weighted by Crippen LogP contribution is 2.39. The van der Waals surface area contributed by atoms with Crippen LogP contribution in [0.4, 0.5) is 4.79 Å². The van der Waals surface area contributed by atoms with Gasteiger partial charge in [-0.1, -0.05) is 12.8 Å². The maximum Gasteiger partial charge on any atom is 0.315 e. The molecule has 1 unspecified atom stereocenters. The van der Waals surface area contributed by atoms with Crippen molar-refractivity contribution in [2.75, 3.05) is 13.2 Å². The molecule has 0 aromatic rings. The Bertz CT molecular complexity index is 353. The molecule has 0 radical (unpaired) electrons. The Balaban J connectivity index is 1.67. The number of carboxylic acid groups (broad SMARTS) is 1. The lowest BCUT2D eigenvalue weighted by atomic mass is 9.89. The summed E-state index contributed by atoms with van der Waals surface area (Å²) >= 11 is 0. The van der Waals surface area contributed by atoms with Crippen LogP contribution in [-0.4, -0.2) is 41.9 Å². The first-order valence-electron chi connectivity index (χ1n) is 7.50. The molecule has 0 aromatic carbocycles. The van der Waals surface area contributed by atoms with Gasteiger partial charge in [-0.05, 0) is 32.1 Å². The number of ether oxygens (including phenoxy) is 1. The molecule has 2 fully saturated rings. The third-order valence-electron chi connectivity index (χ3n) is 4.20. The smallest absolute Gasteiger partial charge is 0.315 e. The number of urea groups is 1. The van der Waals surface area contributed by atoms with E-state index in [0.29, 0.717) is 19.6 Å². The fourth-order valence-electron chi connectivity index (χ4n) is 3.20. The zero-order valence-electron chi connectivity index (χ0n) is 11.8. The molecule has 114 valence electrons. The molecule has 0 bridgehead atoms. The van der Waals surface area contributed by atoms with E-state index in [0.717, 1.165) is 25.7 Å². The second-order valence-corrected chi connectivity index (χ2v) is 5.83. The third-order valence-corrected chi connectivity index (χ3v) is 4.20. The Morgan fingerprint density at radius 1 is 1.30 bits per heavy atom. The minimum absolute atomic E-state index is 0.000492. The number of amides is 2. The van der Waals surface area contributed by atoms with Crippen molar-refractivity contribution in [3.8, 4) is 0 Å². The van der Waals surface area contributed by atoms with Crippen molar-refractivity contribution in [1.29, 1.82) is 0 Å². The highest BCUT2D eigenvalue weighted by Gasteiger charge is 2.40. The molecule has 1 saturated carbocycles. The highest BCUT2D eigenvalue weighted by molar-refractivity contribution is 5.74. The summed E-state index contributed by atoms with van der Waals surface area (Å²) in [6, 6.07) is -0.0308. The van der Waals surface area contributed by atoms with Crippen LogP contribution in [0.1, 0.15) is 51.4 Å². The highest BCUT2D eigenvalue weighted by atomic mass is 16.5. The summed E-state index contributed by atoms with van der Waals surface area (Å²) in [6.45, 7) is 1.11. The average Bonchev–Trinajstić information content (AvgIpc) is 2.82. The minimum atomic E-state index is -0.834. The van der Waals surface area contributed by atoms with Crippen molar-refractivity contribution in [1.82, 2.24) is 10.6 Å². The van der Waals surface area contributed by atoms with E-state index in [9.17, 15) is 9.59 Å². The number of hydrogen-bond acceptors (Lipinski definition) is 3. The van der Waals surface area contributed by atoms with Gasteiger partial charge in [-0.2, -0.15) is 0 Å². The van der Waals surface area contributed by atoms with E-state index in [1.54, 1.807) is 0 Å². The number of carbonyl (C=O) groups excluding carboxylic acids is 1. The van der Waals surface area contributed by atoms with Crippen LogP contribution >= 0.6 is 0 Å². The van der Waals surface area contributed by atoms with E-state index in [1.165, 1.54) is 12.8 Å². The number of nitrogens with one attached hydrogen (secondary N) is 2. The second kappa shape index (κ2) is 6.92. The maximum absolute atomic E-state index is 11.7. The molecule has 1 aliphatic heterocycles. The van der Waals surface area contributed by atoms with Crippen molar-refractivity contribution in [2.45, 2.75) is 63.0 Å². The molecular weight excluding hydrogens is 260 g/mol. The van der Waals surface area contributed by atoms with Crippen LogP contribution in [0.5, 0.6) is 0 Å². The molecular formula is C14H24N2O4. The van der Waals surface area contributed by atoms with Crippen molar-refractivity contribution < 1.29 is 19.4 Å². The Morgan fingerprint density at radius 2 is 2.05 bits per heavy atom. The van der Waals surface area contributed by atoms with Gasteiger partial charge in [-0.3, -0.25) is 4.79 Å². The van der Waals surface area contributed by atoms with E-state index in [4.69, 9.17) is 9.84 Å². The van der Waals surface area contributed by atoms with Crippen molar-refractivity contribution in [3.63, 3.8) is 0 Å². The largest absolute Gasteiger partial charge is 0.481 e. The van der Waals surface area contributed by atoms with Gasteiger partial charge < -0.3 is 20.5 Å². The van der Waals surface area contributed by atoms with Crippen molar-refractivity contribution in [3.05, 3.63) is 0 Å². The fourth-order valence-corrected chi connectivity index (χ4v) is 3.20. The molecule has 2 rings (SSSR count). The van der Waals surface area contributed by atoms with Gasteiger partial charge >= 0.3 is 12.0 Å². The number of rotatable bonds is 5. The van der Waals surface area contributed by atoms with Crippen LogP contribution in [-0.2, 0) is 9.53 Å². The average molecular weight is 284 g/mol. The van der Waals surface area contributed by atoms with Crippen LogP contribution in [0.25, 0.3) is 0 Å². The predicted molar refractivity (Wildman–Crippen MR) is 73.6 cm³/mol. The number of hydrogen-bond donors (Lipinski definition) is 3. The van der Waals surface area contributed by atoms with Gasteiger partial charge in [0.25, 0.3) is 0 Å². The standard InChI is InChI=1S/C14H24N2O4/c17-12(18)4-3-8-15-13(19)16-11-5-9-20-14(10-11)6-1-2-7-14/h11H,1-10H2,(H,17,18)(H2,15,16,19).